The molecule has 0 unspecified atom stereocenters. The van der Waals surface area contributed by atoms with Gasteiger partial charge in [-0.25, -0.2) is 0 Å². The Kier molecular flexibility index (Phi) is 2.28. The second-order valence-electron chi connectivity index (χ2n) is 1.96. The van der Waals surface area contributed by atoms with Crippen molar-refractivity contribution in [3.05, 3.63) is 35.9 Å². The largest absolute Gasteiger partial charge is 0.396 e. The van der Waals surface area contributed by atoms with Crippen LogP contribution >= 0.6 is 0 Å². The topological polar surface area (TPSA) is 20.2 Å². The van der Waals surface area contributed by atoms with Gasteiger partial charge in [0, 0.05) is 6.61 Å². The minimum absolute atomic E-state index is 0.240. The van der Waals surface area contributed by atoms with Crippen LogP contribution in [-0.4, -0.2) is 11.7 Å². The molecule has 9 heavy (non-hydrogen) atoms. The van der Waals surface area contributed by atoms with Gasteiger partial charge in [-0.15, -0.1) is 0 Å². The lowest BCUT2D eigenvalue weighted by atomic mass is 10.3. The Morgan fingerprint density at radius 3 is 2.33 bits per heavy atom. The minimum atomic E-state index is 0.240. The van der Waals surface area contributed by atoms with Gasteiger partial charge < -0.3 is 5.11 Å². The fourth-order valence-corrected chi connectivity index (χ4v) is 0.774. The molecule has 0 fully saturated rings. The van der Waals surface area contributed by atoms with Crippen LogP contribution < -0.4 is 0 Å². The summed E-state index contributed by atoms with van der Waals surface area (Å²) in [5.41, 5.74) is 1.19. The van der Waals surface area contributed by atoms with Crippen LogP contribution in [0.25, 0.3) is 0 Å². The molecular formula is C8H10O. The van der Waals surface area contributed by atoms with Gasteiger partial charge in [0.2, 0.25) is 0 Å². The summed E-state index contributed by atoms with van der Waals surface area (Å²) >= 11 is 0. The van der Waals surface area contributed by atoms with Crippen molar-refractivity contribution in [2.75, 3.05) is 6.61 Å². The van der Waals surface area contributed by atoms with Crippen LogP contribution in [0, 0.1) is 0 Å². The van der Waals surface area contributed by atoms with E-state index in [1.165, 1.54) is 5.56 Å². The summed E-state index contributed by atoms with van der Waals surface area (Å²) in [6.45, 7) is 0.240. The zero-order chi connectivity index (χ0) is 6.53. The Labute approximate surface area is 55.0 Å². The van der Waals surface area contributed by atoms with Crippen LogP contribution in [0.4, 0.5) is 0 Å². The maximum atomic E-state index is 8.52. The smallest absolute Gasteiger partial charge is 0.0471 e. The van der Waals surface area contributed by atoms with Gasteiger partial charge in [-0.2, -0.15) is 0 Å². The molecule has 0 aliphatic heterocycles. The third-order valence-electron chi connectivity index (χ3n) is 1.24. The number of aliphatic hydroxyl groups is 1. The summed E-state index contributed by atoms with van der Waals surface area (Å²) in [5, 5.41) is 8.52. The maximum absolute atomic E-state index is 8.52. The van der Waals surface area contributed by atoms with Crippen molar-refractivity contribution >= 4 is 0 Å². The van der Waals surface area contributed by atoms with Gasteiger partial charge >= 0.3 is 0 Å². The summed E-state index contributed by atoms with van der Waals surface area (Å²) in [5.74, 6) is 0. The van der Waals surface area contributed by atoms with Gasteiger partial charge in [0.05, 0.1) is 0 Å². The Balaban J connectivity index is 2.61. The fourth-order valence-electron chi connectivity index (χ4n) is 0.774. The van der Waals surface area contributed by atoms with E-state index in [2.05, 4.69) is 0 Å². The number of hydrogen-bond donors (Lipinski definition) is 1. The molecule has 0 heterocycles. The number of aliphatic hydroxyl groups excluding tert-OH is 1. The molecule has 0 aliphatic rings. The molecular weight excluding hydrogens is 114 g/mol. The molecule has 0 spiro atoms. The highest BCUT2D eigenvalue weighted by Crippen LogP contribution is 1.97. The summed E-state index contributed by atoms with van der Waals surface area (Å²) in [7, 11) is 0. The Hall–Kier alpha value is -0.820. The highest BCUT2D eigenvalue weighted by molar-refractivity contribution is 5.14. The zero-order valence-electron chi connectivity index (χ0n) is 5.25. The van der Waals surface area contributed by atoms with E-state index in [0.29, 0.717) is 0 Å². The van der Waals surface area contributed by atoms with Crippen molar-refractivity contribution in [3.63, 3.8) is 0 Å². The summed E-state index contributed by atoms with van der Waals surface area (Å²) in [6, 6.07) is 9.95. The van der Waals surface area contributed by atoms with Crippen LogP contribution in [0.1, 0.15) is 5.56 Å². The quantitative estimate of drug-likeness (QED) is 0.588. The third-order valence-corrected chi connectivity index (χ3v) is 1.24. The van der Waals surface area contributed by atoms with E-state index in [1.54, 1.807) is 0 Å². The third kappa shape index (κ3) is 1.86. The van der Waals surface area contributed by atoms with Gasteiger partial charge in [0.15, 0.2) is 0 Å². The molecule has 48 valence electrons. The normalized spacial score (nSPS) is 9.44. The van der Waals surface area contributed by atoms with E-state index in [0.717, 1.165) is 6.42 Å². The second kappa shape index (κ2) is 3.25. The molecule has 1 rings (SSSR count). The standard InChI is InChI=1S/C8H10O/c9-7-6-8-4-2-1-3-5-8/h1-5,9H,6-7H2/i6+1,7+1. The molecule has 0 aliphatic carbocycles. The summed E-state index contributed by atoms with van der Waals surface area (Å²) in [4.78, 5) is 0. The molecule has 1 N–H and O–H groups in total. The van der Waals surface area contributed by atoms with Crippen molar-refractivity contribution in [2.24, 2.45) is 0 Å². The molecule has 1 nitrogen and oxygen atoms in total. The first-order valence-electron chi connectivity index (χ1n) is 3.08. The molecule has 1 aromatic carbocycles. The first kappa shape index (κ1) is 6.30. The van der Waals surface area contributed by atoms with Crippen LogP contribution in [0.3, 0.4) is 0 Å². The summed E-state index contributed by atoms with van der Waals surface area (Å²) < 4.78 is 0. The number of benzene rings is 1. The van der Waals surface area contributed by atoms with Gasteiger partial charge in [0.25, 0.3) is 0 Å². The first-order valence-corrected chi connectivity index (χ1v) is 3.08. The molecule has 0 radical (unpaired) electrons. The van der Waals surface area contributed by atoms with Gasteiger partial charge in [0.1, 0.15) is 0 Å². The molecule has 1 aromatic rings. The van der Waals surface area contributed by atoms with E-state index in [9.17, 15) is 0 Å². The van der Waals surface area contributed by atoms with E-state index in [1.807, 2.05) is 30.3 Å². The average Bonchev–Trinajstić information content (AvgIpc) is 1.91. The van der Waals surface area contributed by atoms with Crippen LogP contribution in [-0.2, 0) is 6.42 Å². The fraction of sp³-hybridized carbons (Fsp3) is 0.250. The van der Waals surface area contributed by atoms with Crippen molar-refractivity contribution in [1.29, 1.82) is 0 Å². The molecule has 0 aromatic heterocycles. The lowest BCUT2D eigenvalue weighted by molar-refractivity contribution is 0.299. The van der Waals surface area contributed by atoms with Gasteiger partial charge in [-0.1, -0.05) is 30.3 Å². The van der Waals surface area contributed by atoms with Crippen LogP contribution in [0.2, 0.25) is 0 Å². The highest BCUT2D eigenvalue weighted by Gasteiger charge is 1.85. The second-order valence-corrected chi connectivity index (χ2v) is 1.96. The monoisotopic (exact) mass is 124 g/mol. The Morgan fingerprint density at radius 1 is 1.11 bits per heavy atom. The van der Waals surface area contributed by atoms with Crippen LogP contribution in [0.15, 0.2) is 30.3 Å². The summed E-state index contributed by atoms with van der Waals surface area (Å²) in [6.07, 6.45) is 0.765. The maximum Gasteiger partial charge on any atom is 0.0471 e. The lowest BCUT2D eigenvalue weighted by Gasteiger charge is -1.93. The van der Waals surface area contributed by atoms with E-state index in [4.69, 9.17) is 5.11 Å². The minimum Gasteiger partial charge on any atom is -0.396 e. The SMILES string of the molecule is O[13CH2][13CH2]c1ccccc1. The number of rotatable bonds is 2. The Bertz CT molecular complexity index is 157. The van der Waals surface area contributed by atoms with E-state index >= 15 is 0 Å². The van der Waals surface area contributed by atoms with Crippen molar-refractivity contribution < 1.29 is 5.11 Å². The Morgan fingerprint density at radius 2 is 1.78 bits per heavy atom. The molecule has 0 bridgehead atoms. The van der Waals surface area contributed by atoms with Gasteiger partial charge in [-0.05, 0) is 12.0 Å². The average molecular weight is 124 g/mol. The first-order chi connectivity index (χ1) is 4.43. The zero-order valence-corrected chi connectivity index (χ0v) is 5.25. The predicted octanol–water partition coefficient (Wildman–Crippen LogP) is 1.22. The van der Waals surface area contributed by atoms with Crippen molar-refractivity contribution in [2.45, 2.75) is 6.42 Å². The molecule has 0 atom stereocenters. The predicted molar refractivity (Wildman–Crippen MR) is 37.2 cm³/mol. The molecule has 0 saturated carbocycles. The van der Waals surface area contributed by atoms with Crippen molar-refractivity contribution in [1.82, 2.24) is 0 Å². The number of hydrogen-bond acceptors (Lipinski definition) is 1. The lowest BCUT2D eigenvalue weighted by Crippen LogP contribution is -1.88. The van der Waals surface area contributed by atoms with Crippen LogP contribution in [0.5, 0.6) is 0 Å². The van der Waals surface area contributed by atoms with Gasteiger partial charge in [-0.3, -0.25) is 0 Å². The van der Waals surface area contributed by atoms with E-state index in [-0.39, 0.29) is 6.61 Å². The molecule has 1 heteroatoms. The molecule has 0 amide bonds. The van der Waals surface area contributed by atoms with Crippen molar-refractivity contribution in [3.8, 4) is 0 Å². The van der Waals surface area contributed by atoms with E-state index < -0.39 is 0 Å². The molecule has 0 saturated heterocycles. The highest BCUT2D eigenvalue weighted by atomic mass is 16.3.